The normalized spacial score (nSPS) is 15.3. The summed E-state index contributed by atoms with van der Waals surface area (Å²) in [6.07, 6.45) is 1.81. The van der Waals surface area contributed by atoms with Gasteiger partial charge in [0.05, 0.1) is 15.2 Å². The molecule has 6 nitrogen and oxygen atoms in total. The molecule has 0 unspecified atom stereocenters. The lowest BCUT2D eigenvalue weighted by Gasteiger charge is -2.30. The molecular formula is C19H20ClN5OS. The van der Waals surface area contributed by atoms with Crippen LogP contribution in [-0.4, -0.2) is 53.2 Å². The zero-order valence-electron chi connectivity index (χ0n) is 15.2. The van der Waals surface area contributed by atoms with Crippen LogP contribution in [0.2, 0.25) is 5.02 Å². The van der Waals surface area contributed by atoms with E-state index in [1.807, 2.05) is 48.2 Å². The van der Waals surface area contributed by atoms with Gasteiger partial charge in [-0.25, -0.2) is 4.98 Å². The minimum atomic E-state index is -0.0534. The number of rotatable bonds is 3. The molecular weight excluding hydrogens is 382 g/mol. The minimum absolute atomic E-state index is 0.0534. The Hall–Kier alpha value is -2.25. The zero-order chi connectivity index (χ0) is 19.0. The summed E-state index contributed by atoms with van der Waals surface area (Å²) in [4.78, 5) is 21.2. The van der Waals surface area contributed by atoms with Crippen LogP contribution in [0.15, 0.2) is 30.3 Å². The topological polar surface area (TPSA) is 62.2 Å². The molecule has 1 aromatic carbocycles. The van der Waals surface area contributed by atoms with E-state index in [1.165, 1.54) is 0 Å². The number of carbonyl (C=O) groups is 1. The first-order valence-electron chi connectivity index (χ1n) is 8.87. The van der Waals surface area contributed by atoms with Gasteiger partial charge in [-0.2, -0.15) is 0 Å². The van der Waals surface area contributed by atoms with E-state index in [1.54, 1.807) is 17.4 Å². The monoisotopic (exact) mass is 401 g/mol. The molecule has 1 fully saturated rings. The fraction of sp³-hybridized carbons (Fsp3) is 0.368. The second-order valence-electron chi connectivity index (χ2n) is 6.90. The number of piperidine rings is 1. The van der Waals surface area contributed by atoms with Gasteiger partial charge < -0.3 is 9.80 Å². The second kappa shape index (κ2) is 7.40. The lowest BCUT2D eigenvalue weighted by molar-refractivity contribution is 0.0706. The van der Waals surface area contributed by atoms with E-state index >= 15 is 0 Å². The summed E-state index contributed by atoms with van der Waals surface area (Å²) in [5.41, 5.74) is 1.35. The van der Waals surface area contributed by atoms with Crippen molar-refractivity contribution in [1.82, 2.24) is 20.1 Å². The number of anilines is 1. The Balaban J connectivity index is 1.42. The number of aromatic nitrogens is 3. The van der Waals surface area contributed by atoms with Crippen LogP contribution in [0.25, 0.3) is 10.2 Å². The van der Waals surface area contributed by atoms with Crippen LogP contribution in [0, 0.1) is 0 Å². The van der Waals surface area contributed by atoms with E-state index in [2.05, 4.69) is 10.2 Å². The van der Waals surface area contributed by atoms with Gasteiger partial charge in [0.25, 0.3) is 5.91 Å². The van der Waals surface area contributed by atoms with Crippen LogP contribution >= 0.6 is 22.9 Å². The molecule has 1 aliphatic rings. The Kier molecular flexibility index (Phi) is 4.97. The molecule has 0 saturated carbocycles. The van der Waals surface area contributed by atoms with Gasteiger partial charge >= 0.3 is 0 Å². The predicted octanol–water partition coefficient (Wildman–Crippen LogP) is 3.83. The smallest absolute Gasteiger partial charge is 0.274 e. The third kappa shape index (κ3) is 3.75. The molecule has 0 atom stereocenters. The number of likely N-dealkylation sites (tertiary alicyclic amines) is 1. The first kappa shape index (κ1) is 18.1. The number of hydrogen-bond donors (Lipinski definition) is 0. The number of carbonyl (C=O) groups excluding carboxylic acids is 1. The Morgan fingerprint density at radius 3 is 2.63 bits per heavy atom. The molecule has 0 aliphatic carbocycles. The molecule has 27 heavy (non-hydrogen) atoms. The van der Waals surface area contributed by atoms with E-state index in [0.29, 0.717) is 29.7 Å². The van der Waals surface area contributed by atoms with Crippen molar-refractivity contribution in [3.63, 3.8) is 0 Å². The van der Waals surface area contributed by atoms with Crippen molar-refractivity contribution in [1.29, 1.82) is 0 Å². The predicted molar refractivity (Wildman–Crippen MR) is 109 cm³/mol. The van der Waals surface area contributed by atoms with Gasteiger partial charge in [0.15, 0.2) is 11.5 Å². The Labute approximate surface area is 166 Å². The van der Waals surface area contributed by atoms with Gasteiger partial charge in [0.1, 0.15) is 0 Å². The first-order chi connectivity index (χ1) is 13.0. The maximum absolute atomic E-state index is 12.7. The molecule has 0 radical (unpaired) electrons. The molecule has 0 bridgehead atoms. The molecule has 8 heteroatoms. The van der Waals surface area contributed by atoms with Crippen LogP contribution in [0.5, 0.6) is 0 Å². The molecule has 1 amide bonds. The molecule has 0 spiro atoms. The van der Waals surface area contributed by atoms with Crippen molar-refractivity contribution >= 4 is 44.9 Å². The maximum atomic E-state index is 12.7. The highest BCUT2D eigenvalue weighted by atomic mass is 35.5. The molecule has 1 saturated heterocycles. The molecule has 140 valence electrons. The third-order valence-corrected chi connectivity index (χ3v) is 6.26. The van der Waals surface area contributed by atoms with Gasteiger partial charge in [-0.3, -0.25) is 4.79 Å². The van der Waals surface area contributed by atoms with Crippen molar-refractivity contribution in [3.8, 4) is 0 Å². The molecule has 3 aromatic rings. The lowest BCUT2D eigenvalue weighted by Crippen LogP contribution is -2.38. The van der Waals surface area contributed by atoms with Gasteiger partial charge in [0, 0.05) is 38.1 Å². The third-order valence-electron chi connectivity index (χ3n) is 4.83. The van der Waals surface area contributed by atoms with Gasteiger partial charge in [-0.1, -0.05) is 11.6 Å². The Morgan fingerprint density at radius 2 is 1.96 bits per heavy atom. The molecule has 0 N–H and O–H groups in total. The molecule has 4 rings (SSSR count). The fourth-order valence-corrected chi connectivity index (χ4v) is 4.55. The van der Waals surface area contributed by atoms with Crippen LogP contribution in [-0.2, 0) is 0 Å². The SMILES string of the molecule is CN(C)c1ccc(C(=O)N2CCC(c3nc4cc(Cl)ccc4s3)CC2)nn1. The van der Waals surface area contributed by atoms with Gasteiger partial charge in [-0.15, -0.1) is 21.5 Å². The average molecular weight is 402 g/mol. The summed E-state index contributed by atoms with van der Waals surface area (Å²) in [5, 5.41) is 10.0. The van der Waals surface area contributed by atoms with E-state index in [0.717, 1.165) is 33.9 Å². The summed E-state index contributed by atoms with van der Waals surface area (Å²) in [5.74, 6) is 1.07. The van der Waals surface area contributed by atoms with Gasteiger partial charge in [0.2, 0.25) is 0 Å². The van der Waals surface area contributed by atoms with E-state index < -0.39 is 0 Å². The van der Waals surface area contributed by atoms with Crippen molar-refractivity contribution in [2.45, 2.75) is 18.8 Å². The summed E-state index contributed by atoms with van der Waals surface area (Å²) in [6.45, 7) is 1.41. The fourth-order valence-electron chi connectivity index (χ4n) is 3.26. The Morgan fingerprint density at radius 1 is 1.19 bits per heavy atom. The van der Waals surface area contributed by atoms with Crippen molar-refractivity contribution in [2.24, 2.45) is 0 Å². The van der Waals surface area contributed by atoms with E-state index in [-0.39, 0.29) is 5.91 Å². The highest BCUT2D eigenvalue weighted by Crippen LogP contribution is 2.34. The highest BCUT2D eigenvalue weighted by Gasteiger charge is 2.27. The first-order valence-corrected chi connectivity index (χ1v) is 10.1. The van der Waals surface area contributed by atoms with Crippen LogP contribution in [0.3, 0.4) is 0 Å². The van der Waals surface area contributed by atoms with Crippen LogP contribution in [0.4, 0.5) is 5.82 Å². The zero-order valence-corrected chi connectivity index (χ0v) is 16.8. The summed E-state index contributed by atoms with van der Waals surface area (Å²) in [6, 6.07) is 9.39. The summed E-state index contributed by atoms with van der Waals surface area (Å²) < 4.78 is 1.16. The van der Waals surface area contributed by atoms with Crippen molar-refractivity contribution in [2.75, 3.05) is 32.1 Å². The molecule has 3 heterocycles. The minimum Gasteiger partial charge on any atom is -0.361 e. The second-order valence-corrected chi connectivity index (χ2v) is 8.40. The Bertz CT molecular complexity index is 964. The van der Waals surface area contributed by atoms with Crippen molar-refractivity contribution in [3.05, 3.63) is 46.1 Å². The number of fused-ring (bicyclic) bond motifs is 1. The maximum Gasteiger partial charge on any atom is 0.274 e. The number of hydrogen-bond acceptors (Lipinski definition) is 6. The lowest BCUT2D eigenvalue weighted by atomic mass is 9.97. The number of benzene rings is 1. The van der Waals surface area contributed by atoms with Gasteiger partial charge in [-0.05, 0) is 43.2 Å². The quantitative estimate of drug-likeness (QED) is 0.667. The summed E-state index contributed by atoms with van der Waals surface area (Å²) >= 11 is 7.78. The number of nitrogens with zero attached hydrogens (tertiary/aromatic N) is 5. The highest BCUT2D eigenvalue weighted by molar-refractivity contribution is 7.18. The van der Waals surface area contributed by atoms with Crippen LogP contribution < -0.4 is 4.90 Å². The van der Waals surface area contributed by atoms with E-state index in [4.69, 9.17) is 16.6 Å². The molecule has 2 aromatic heterocycles. The standard InChI is InChI=1S/C19H20ClN5OS/c1-24(2)17-6-4-14(22-23-17)19(26)25-9-7-12(8-10-25)18-21-15-11-13(20)3-5-16(15)27-18/h3-6,11-12H,7-10H2,1-2H3. The average Bonchev–Trinajstić information content (AvgIpc) is 3.11. The largest absolute Gasteiger partial charge is 0.361 e. The van der Waals surface area contributed by atoms with Crippen LogP contribution in [0.1, 0.15) is 34.3 Å². The van der Waals surface area contributed by atoms with Crippen molar-refractivity contribution < 1.29 is 4.79 Å². The number of amides is 1. The number of halogens is 1. The number of thiazole rings is 1. The van der Waals surface area contributed by atoms with E-state index in [9.17, 15) is 4.79 Å². The summed E-state index contributed by atoms with van der Waals surface area (Å²) in [7, 11) is 3.79. The molecule has 1 aliphatic heterocycles.